The third-order valence-electron chi connectivity index (χ3n) is 5.82. The molecule has 3 aromatic rings. The van der Waals surface area contributed by atoms with Crippen molar-refractivity contribution in [2.45, 2.75) is 25.8 Å². The van der Waals surface area contributed by atoms with Crippen LogP contribution in [0, 0.1) is 5.92 Å². The Bertz CT molecular complexity index is 1180. The number of benzene rings is 2. The fraction of sp³-hybridized carbons (Fsp3) is 0.231. The summed E-state index contributed by atoms with van der Waals surface area (Å²) in [5, 5.41) is 14.2. The number of carboxylic acids is 1. The predicted octanol–water partition coefficient (Wildman–Crippen LogP) is 4.28. The van der Waals surface area contributed by atoms with Crippen LogP contribution >= 0.6 is 0 Å². The Morgan fingerprint density at radius 2 is 1.59 bits per heavy atom. The molecule has 2 aromatic carbocycles. The van der Waals surface area contributed by atoms with Gasteiger partial charge in [-0.05, 0) is 40.3 Å². The molecular weight excluding hydrogens is 434 g/mol. The van der Waals surface area contributed by atoms with E-state index in [0.29, 0.717) is 5.69 Å². The molecule has 0 spiro atoms. The van der Waals surface area contributed by atoms with Crippen molar-refractivity contribution in [1.29, 1.82) is 0 Å². The lowest BCUT2D eigenvalue weighted by Gasteiger charge is -2.22. The average Bonchev–Trinajstić information content (AvgIpc) is 3.15. The van der Waals surface area contributed by atoms with Crippen molar-refractivity contribution in [2.24, 2.45) is 5.92 Å². The number of carbonyl (C=O) groups excluding carboxylic acids is 2. The predicted molar refractivity (Wildman–Crippen MR) is 127 cm³/mol. The minimum absolute atomic E-state index is 0.0803. The molecule has 1 aliphatic carbocycles. The van der Waals surface area contributed by atoms with Gasteiger partial charge in [0.25, 0.3) is 0 Å². The smallest absolute Gasteiger partial charge is 0.407 e. The quantitative estimate of drug-likeness (QED) is 0.485. The number of nitrogens with zero attached hydrogens (tertiary/aromatic N) is 1. The van der Waals surface area contributed by atoms with Crippen LogP contribution in [0.2, 0.25) is 0 Å². The van der Waals surface area contributed by atoms with E-state index >= 15 is 0 Å². The maximum Gasteiger partial charge on any atom is 0.407 e. The van der Waals surface area contributed by atoms with Gasteiger partial charge in [-0.15, -0.1) is 0 Å². The van der Waals surface area contributed by atoms with Crippen LogP contribution in [0.1, 0.15) is 41.4 Å². The maximum atomic E-state index is 12.8. The summed E-state index contributed by atoms with van der Waals surface area (Å²) >= 11 is 0. The maximum absolute atomic E-state index is 12.8. The number of hydrogen-bond donors (Lipinski definition) is 3. The second-order valence-corrected chi connectivity index (χ2v) is 8.42. The van der Waals surface area contributed by atoms with Gasteiger partial charge in [0.15, 0.2) is 0 Å². The number of aromatic nitrogens is 1. The van der Waals surface area contributed by atoms with Crippen molar-refractivity contribution >= 4 is 23.7 Å². The monoisotopic (exact) mass is 459 g/mol. The molecule has 3 N–H and O–H groups in total. The number of nitrogens with one attached hydrogen (secondary N) is 2. The van der Waals surface area contributed by atoms with E-state index in [2.05, 4.69) is 27.8 Å². The molecule has 8 nitrogen and oxygen atoms in total. The van der Waals surface area contributed by atoms with Crippen LogP contribution in [0.3, 0.4) is 0 Å². The highest BCUT2D eigenvalue weighted by molar-refractivity contribution is 5.97. The van der Waals surface area contributed by atoms with Gasteiger partial charge in [0.1, 0.15) is 18.3 Å². The van der Waals surface area contributed by atoms with E-state index in [-0.39, 0.29) is 24.1 Å². The molecule has 8 heteroatoms. The Balaban J connectivity index is 1.40. The van der Waals surface area contributed by atoms with Crippen LogP contribution in [0.4, 0.5) is 10.5 Å². The van der Waals surface area contributed by atoms with Crippen molar-refractivity contribution in [1.82, 2.24) is 10.3 Å². The number of aromatic carboxylic acids is 1. The van der Waals surface area contributed by atoms with Crippen LogP contribution in [-0.2, 0) is 9.53 Å². The van der Waals surface area contributed by atoms with Crippen molar-refractivity contribution in [3.8, 4) is 11.1 Å². The normalized spacial score (nSPS) is 13.0. The van der Waals surface area contributed by atoms with E-state index in [4.69, 9.17) is 9.84 Å². The molecule has 0 radical (unpaired) electrons. The fourth-order valence-electron chi connectivity index (χ4n) is 4.12. The minimum Gasteiger partial charge on any atom is -0.477 e. The molecule has 0 saturated carbocycles. The summed E-state index contributed by atoms with van der Waals surface area (Å²) in [6.45, 7) is 3.76. The molecule has 0 fully saturated rings. The van der Waals surface area contributed by atoms with Crippen LogP contribution in [0.15, 0.2) is 66.9 Å². The number of ether oxygens (including phenoxy) is 1. The van der Waals surface area contributed by atoms with Crippen molar-refractivity contribution < 1.29 is 24.2 Å². The zero-order valence-corrected chi connectivity index (χ0v) is 18.8. The number of amides is 2. The van der Waals surface area contributed by atoms with Crippen LogP contribution in [0.25, 0.3) is 11.1 Å². The van der Waals surface area contributed by atoms with Gasteiger partial charge in [-0.2, -0.15) is 0 Å². The first-order chi connectivity index (χ1) is 16.3. The van der Waals surface area contributed by atoms with Gasteiger partial charge in [-0.3, -0.25) is 4.79 Å². The second-order valence-electron chi connectivity index (χ2n) is 8.42. The van der Waals surface area contributed by atoms with Gasteiger partial charge in [0, 0.05) is 5.92 Å². The molecular formula is C26H25N3O5. The number of alkyl carbamates (subject to hydrolysis) is 1. The zero-order valence-electron chi connectivity index (χ0n) is 18.8. The summed E-state index contributed by atoms with van der Waals surface area (Å²) < 4.78 is 5.56. The molecule has 0 aliphatic heterocycles. The van der Waals surface area contributed by atoms with Gasteiger partial charge >= 0.3 is 12.1 Å². The molecule has 0 saturated heterocycles. The number of carbonyl (C=O) groups is 3. The molecule has 1 atom stereocenters. The van der Waals surface area contributed by atoms with Crippen molar-refractivity contribution in [3.05, 3.63) is 83.7 Å². The summed E-state index contributed by atoms with van der Waals surface area (Å²) in [5.74, 6) is -1.90. The lowest BCUT2D eigenvalue weighted by molar-refractivity contribution is -0.119. The number of hydrogen-bond acceptors (Lipinski definition) is 5. The van der Waals surface area contributed by atoms with Crippen molar-refractivity contribution in [3.63, 3.8) is 0 Å². The number of carboxylic acid groups (broad SMARTS) is 1. The number of rotatable bonds is 7. The first-order valence-electron chi connectivity index (χ1n) is 11.0. The highest BCUT2D eigenvalue weighted by atomic mass is 16.5. The van der Waals surface area contributed by atoms with Gasteiger partial charge < -0.3 is 20.5 Å². The summed E-state index contributed by atoms with van der Waals surface area (Å²) in [6, 6.07) is 18.0. The van der Waals surface area contributed by atoms with Gasteiger partial charge in [0.05, 0.1) is 11.9 Å². The van der Waals surface area contributed by atoms with Crippen LogP contribution in [-0.4, -0.2) is 40.7 Å². The number of anilines is 1. The van der Waals surface area contributed by atoms with E-state index in [0.717, 1.165) is 22.3 Å². The molecule has 174 valence electrons. The first-order valence-corrected chi connectivity index (χ1v) is 11.0. The van der Waals surface area contributed by atoms with E-state index in [1.54, 1.807) is 13.8 Å². The summed E-state index contributed by atoms with van der Waals surface area (Å²) in [4.78, 5) is 40.1. The topological polar surface area (TPSA) is 118 Å². The van der Waals surface area contributed by atoms with E-state index < -0.39 is 24.0 Å². The van der Waals surface area contributed by atoms with Gasteiger partial charge in [-0.25, -0.2) is 14.6 Å². The van der Waals surface area contributed by atoms with Gasteiger partial charge in [0.2, 0.25) is 5.91 Å². The molecule has 1 heterocycles. The Morgan fingerprint density at radius 1 is 0.971 bits per heavy atom. The third kappa shape index (κ3) is 4.76. The summed E-state index contributed by atoms with van der Waals surface area (Å²) in [5.41, 5.74) is 4.67. The molecule has 2 amide bonds. The average molecular weight is 460 g/mol. The van der Waals surface area contributed by atoms with Crippen LogP contribution < -0.4 is 10.6 Å². The Kier molecular flexibility index (Phi) is 6.58. The lowest BCUT2D eigenvalue weighted by atomic mass is 9.98. The highest BCUT2D eigenvalue weighted by Gasteiger charge is 2.30. The summed E-state index contributed by atoms with van der Waals surface area (Å²) in [7, 11) is 0. The molecule has 4 rings (SSSR count). The zero-order chi connectivity index (χ0) is 24.2. The number of fused-ring (bicyclic) bond motifs is 3. The van der Waals surface area contributed by atoms with E-state index in [1.165, 1.54) is 18.3 Å². The minimum atomic E-state index is -1.16. The van der Waals surface area contributed by atoms with Crippen LogP contribution in [0.5, 0.6) is 0 Å². The second kappa shape index (κ2) is 9.74. The number of pyridine rings is 1. The Hall–Kier alpha value is -4.20. The van der Waals surface area contributed by atoms with Crippen molar-refractivity contribution in [2.75, 3.05) is 11.9 Å². The molecule has 1 aromatic heterocycles. The Labute approximate surface area is 197 Å². The van der Waals surface area contributed by atoms with Gasteiger partial charge in [-0.1, -0.05) is 62.4 Å². The molecule has 0 bridgehead atoms. The SMILES string of the molecule is CC(C)C(NC(=O)OCC1c2ccccc2-c2ccccc21)C(=O)Nc1ccc(C(=O)O)nc1. The highest BCUT2D eigenvalue weighted by Crippen LogP contribution is 2.44. The fourth-order valence-corrected chi connectivity index (χ4v) is 4.12. The Morgan fingerprint density at radius 3 is 2.12 bits per heavy atom. The molecule has 1 aliphatic rings. The van der Waals surface area contributed by atoms with E-state index in [1.807, 2.05) is 36.4 Å². The lowest BCUT2D eigenvalue weighted by Crippen LogP contribution is -2.47. The first kappa shape index (κ1) is 23.0. The van der Waals surface area contributed by atoms with E-state index in [9.17, 15) is 14.4 Å². The molecule has 34 heavy (non-hydrogen) atoms. The third-order valence-corrected chi connectivity index (χ3v) is 5.82. The standard InChI is InChI=1S/C26H25N3O5/c1-15(2)23(24(30)28-16-11-12-22(25(31)32)27-13-16)29-26(33)34-14-21-19-9-5-3-7-17(19)18-8-4-6-10-20(18)21/h3-13,15,21,23H,14H2,1-2H3,(H,28,30)(H,29,33)(H,31,32). The largest absolute Gasteiger partial charge is 0.477 e. The molecule has 1 unspecified atom stereocenters. The summed E-state index contributed by atoms with van der Waals surface area (Å²) in [6.07, 6.45) is 0.571.